The molecule has 102 heavy (non-hydrogen) atoms. The van der Waals surface area contributed by atoms with E-state index in [1.54, 1.807) is 58.0 Å². The van der Waals surface area contributed by atoms with Crippen molar-refractivity contribution in [1.29, 1.82) is 0 Å². The summed E-state index contributed by atoms with van der Waals surface area (Å²) in [5.41, 5.74) is -1.41. The number of nitrogens with zero attached hydrogens (tertiary/aromatic N) is 6. The topological polar surface area (TPSA) is 265 Å². The number of hydrogen-bond acceptors (Lipinski definition) is 17. The number of esters is 1. The van der Waals surface area contributed by atoms with Gasteiger partial charge in [-0.05, 0) is 135 Å². The molecular weight excluding hydrogens is 1470 g/mol. The Hall–Kier alpha value is -8.73. The van der Waals surface area contributed by atoms with E-state index in [2.05, 4.69) is 0 Å². The van der Waals surface area contributed by atoms with E-state index in [0.29, 0.717) is 73.3 Å². The Morgan fingerprint density at radius 1 is 0.431 bits per heavy atom. The number of methoxy groups -OCH3 is 3. The smallest absolute Gasteiger partial charge is 0.406 e. The van der Waals surface area contributed by atoms with Crippen LogP contribution in [-0.4, -0.2) is 161 Å². The Bertz CT molecular complexity index is 5070. The van der Waals surface area contributed by atoms with E-state index in [0.717, 1.165) is 38.5 Å². The van der Waals surface area contributed by atoms with Gasteiger partial charge in [-0.15, -0.1) is 0 Å². The van der Waals surface area contributed by atoms with Crippen LogP contribution in [-0.2, 0) is 53.9 Å². The molecule has 556 valence electrons. The van der Waals surface area contributed by atoms with Crippen molar-refractivity contribution >= 4 is 91.8 Å². The summed E-state index contributed by atoms with van der Waals surface area (Å²) in [6, 6.07) is 22.9. The van der Waals surface area contributed by atoms with E-state index < -0.39 is 126 Å². The largest absolute Gasteiger partial charge is 0.493 e. The Balaban J connectivity index is 0.000000215. The molecule has 0 fully saturated rings. The van der Waals surface area contributed by atoms with Gasteiger partial charge in [0.15, 0.2) is 34.5 Å². The number of hydrogen-bond donors (Lipinski definition) is 0. The van der Waals surface area contributed by atoms with Crippen molar-refractivity contribution < 1.29 is 98.3 Å². The van der Waals surface area contributed by atoms with Crippen LogP contribution in [0.2, 0.25) is 10.0 Å². The lowest BCUT2D eigenvalue weighted by Crippen LogP contribution is -2.34. The van der Waals surface area contributed by atoms with E-state index in [-0.39, 0.29) is 62.2 Å². The first-order chi connectivity index (χ1) is 47.7. The molecule has 9 rings (SSSR count). The second-order valence-corrected chi connectivity index (χ2v) is 30.3. The third-order valence-corrected chi connectivity index (χ3v) is 18.5. The first-order valence-corrected chi connectivity index (χ1v) is 37.7. The Morgan fingerprint density at radius 3 is 1.04 bits per heavy atom. The van der Waals surface area contributed by atoms with Gasteiger partial charge < -0.3 is 33.2 Å². The Morgan fingerprint density at radius 2 is 0.745 bits per heavy atom. The molecule has 3 heterocycles. The van der Waals surface area contributed by atoms with Crippen molar-refractivity contribution in [3.63, 3.8) is 0 Å². The maximum absolute atomic E-state index is 13.5. The van der Waals surface area contributed by atoms with Gasteiger partial charge in [-0.2, -0.15) is 26.3 Å². The number of sulfone groups is 3. The van der Waals surface area contributed by atoms with Crippen molar-refractivity contribution in [2.24, 2.45) is 0 Å². The number of alkyl halides is 8. The first-order valence-electron chi connectivity index (χ1n) is 30.8. The van der Waals surface area contributed by atoms with Crippen LogP contribution in [0.5, 0.6) is 34.5 Å². The van der Waals surface area contributed by atoms with E-state index in [9.17, 15) is 79.6 Å². The number of imidazole rings is 3. The summed E-state index contributed by atoms with van der Waals surface area (Å²) < 4.78 is 223. The zero-order valence-corrected chi connectivity index (χ0v) is 60.4. The SMILES string of the molecule is CCOC(=O)c1ccc2c(c1)n(CC(F)(F)F)c(=O)n2C(CS(C)(=O)=O)c1ccc(OC)c(OCC)c1.CCOc1cc(C(CS(C)(=O)=O)n2c(=O)n(CC(F)(F)F)c3cc(Cl)ccc32)ccc1OC.CCOc1cc(C(CS(C)(=O)=O)n2c(=O)n(CC(F)F)c3cc(Cl)ccc32)ccc1OC. The summed E-state index contributed by atoms with van der Waals surface area (Å²) in [7, 11) is -6.67. The van der Waals surface area contributed by atoms with Gasteiger partial charge in [0.2, 0.25) is 0 Å². The number of benzene rings is 6. The van der Waals surface area contributed by atoms with Crippen molar-refractivity contribution in [2.75, 3.05) is 83.8 Å². The lowest BCUT2D eigenvalue weighted by atomic mass is 10.1. The molecule has 0 aliphatic carbocycles. The Labute approximate surface area is 589 Å². The maximum Gasteiger partial charge on any atom is 0.406 e. The van der Waals surface area contributed by atoms with Gasteiger partial charge in [0.1, 0.15) is 42.6 Å². The molecular formula is C66H72Cl2F8N6O17S3. The molecule has 0 bridgehead atoms. The summed E-state index contributed by atoms with van der Waals surface area (Å²) in [5.74, 6) is -0.176. The van der Waals surface area contributed by atoms with E-state index in [4.69, 9.17) is 56.4 Å². The van der Waals surface area contributed by atoms with Crippen molar-refractivity contribution in [3.8, 4) is 34.5 Å². The summed E-state index contributed by atoms with van der Waals surface area (Å²) >= 11 is 12.0. The summed E-state index contributed by atoms with van der Waals surface area (Å²) in [4.78, 5) is 52.2. The number of rotatable bonds is 27. The molecule has 36 heteroatoms. The van der Waals surface area contributed by atoms with E-state index in [1.165, 1.54) is 98.7 Å². The second kappa shape index (κ2) is 33.2. The van der Waals surface area contributed by atoms with E-state index >= 15 is 0 Å². The fraction of sp³-hybridized carbons (Fsp3) is 0.394. The molecule has 0 saturated carbocycles. The molecule has 0 radical (unpaired) electrons. The highest BCUT2D eigenvalue weighted by molar-refractivity contribution is 7.91. The third-order valence-electron chi connectivity index (χ3n) is 15.3. The maximum atomic E-state index is 13.5. The minimum atomic E-state index is -4.77. The molecule has 0 N–H and O–H groups in total. The predicted molar refractivity (Wildman–Crippen MR) is 369 cm³/mol. The average Bonchev–Trinajstić information content (AvgIpc) is 1.57. The fourth-order valence-electron chi connectivity index (χ4n) is 11.3. The highest BCUT2D eigenvalue weighted by Crippen LogP contribution is 2.38. The van der Waals surface area contributed by atoms with Gasteiger partial charge in [0.05, 0.1) is 128 Å². The second-order valence-electron chi connectivity index (χ2n) is 22.9. The number of aromatic nitrogens is 6. The number of carbonyl (C=O) groups is 1. The molecule has 3 unspecified atom stereocenters. The fourth-order valence-corrected chi connectivity index (χ4v) is 14.4. The van der Waals surface area contributed by atoms with Crippen LogP contribution in [0.25, 0.3) is 33.1 Å². The van der Waals surface area contributed by atoms with Gasteiger partial charge in [-0.25, -0.2) is 53.2 Å². The van der Waals surface area contributed by atoms with Gasteiger partial charge >= 0.3 is 35.4 Å². The van der Waals surface area contributed by atoms with Crippen LogP contribution in [0.1, 0.15) is 72.9 Å². The number of ether oxygens (including phenoxy) is 7. The summed E-state index contributed by atoms with van der Waals surface area (Å²) in [5, 5.41) is 0.402. The van der Waals surface area contributed by atoms with Crippen LogP contribution in [0, 0.1) is 0 Å². The highest BCUT2D eigenvalue weighted by Gasteiger charge is 2.36. The molecule has 9 aromatic rings. The van der Waals surface area contributed by atoms with Gasteiger partial charge in [-0.3, -0.25) is 27.4 Å². The van der Waals surface area contributed by atoms with Crippen molar-refractivity contribution in [3.05, 3.63) is 173 Å². The van der Waals surface area contributed by atoms with Gasteiger partial charge in [0, 0.05) is 28.8 Å². The first kappa shape index (κ1) is 80.6. The number of carbonyl (C=O) groups excluding carboxylic acids is 1. The van der Waals surface area contributed by atoms with Crippen molar-refractivity contribution in [2.45, 2.75) is 84.2 Å². The summed E-state index contributed by atoms with van der Waals surface area (Å²) in [6.45, 7) is 3.74. The molecule has 23 nitrogen and oxygen atoms in total. The molecule has 3 aromatic heterocycles. The zero-order valence-electron chi connectivity index (χ0n) is 56.4. The van der Waals surface area contributed by atoms with Crippen LogP contribution in [0.15, 0.2) is 124 Å². The molecule has 6 aromatic carbocycles. The predicted octanol–water partition coefficient (Wildman–Crippen LogP) is 11.4. The minimum absolute atomic E-state index is 0.0183. The lowest BCUT2D eigenvalue weighted by molar-refractivity contribution is -0.141. The third kappa shape index (κ3) is 20.1. The standard InChI is InChI=1S/C24H27F3N2O7S.C21H22ClF3N2O5S.C21H23ClF2N2O5S/c1-5-35-21-12-15(8-10-20(21)34-3)19(13-37(4,32)33)29-17-9-7-16(22(30)36-6-2)11-18(17)28(23(29)31)14-24(25,26)27;1-4-32-19-9-13(5-8-18(19)31-2)17(11-33(3,29)30)27-15-7-6-14(22)10-16(15)26(20(27)28)12-21(23,24)25;1-4-31-19-9-13(5-8-18(19)30-2)17(12-32(3,28)29)26-15-7-6-14(22)10-16(15)25(21(26)27)11-20(23)24/h7-12,19H,5-6,13-14H2,1-4H3;5-10,17H,4,11-12H2,1-3H3;5-10,17,20H,4,11-12H2,1-3H3. The Kier molecular flexibility index (Phi) is 26.2. The van der Waals surface area contributed by atoms with Crippen LogP contribution >= 0.6 is 23.2 Å². The van der Waals surface area contributed by atoms with Crippen molar-refractivity contribution in [1.82, 2.24) is 27.4 Å². The van der Waals surface area contributed by atoms with E-state index in [1.807, 2.05) is 0 Å². The lowest BCUT2D eigenvalue weighted by Gasteiger charge is -2.20. The number of fused-ring (bicyclic) bond motifs is 3. The quantitative estimate of drug-likeness (QED) is 0.0342. The number of halogens is 10. The normalized spacial score (nSPS) is 13.1. The van der Waals surface area contributed by atoms with Gasteiger partial charge in [0.25, 0.3) is 6.43 Å². The van der Waals surface area contributed by atoms with Gasteiger partial charge in [-0.1, -0.05) is 41.4 Å². The molecule has 0 aliphatic rings. The monoisotopic (exact) mass is 1540 g/mol. The molecule has 3 atom stereocenters. The summed E-state index contributed by atoms with van der Waals surface area (Å²) in [6.07, 6.45) is -9.23. The van der Waals surface area contributed by atoms with Crippen LogP contribution < -0.4 is 45.5 Å². The average molecular weight is 1540 g/mol. The van der Waals surface area contributed by atoms with Crippen LogP contribution in [0.4, 0.5) is 35.1 Å². The minimum Gasteiger partial charge on any atom is -0.493 e. The molecule has 0 spiro atoms. The molecule has 0 saturated heterocycles. The highest BCUT2D eigenvalue weighted by atomic mass is 35.5. The molecule has 0 amide bonds. The zero-order chi connectivity index (χ0) is 75.7. The van der Waals surface area contributed by atoms with Crippen LogP contribution in [0.3, 0.4) is 0 Å². The molecule has 0 aliphatic heterocycles.